The van der Waals surface area contributed by atoms with E-state index in [1.807, 2.05) is 30.3 Å². The van der Waals surface area contributed by atoms with Crippen molar-refractivity contribution in [3.05, 3.63) is 35.9 Å². The Hall–Kier alpha value is -1.39. The highest BCUT2D eigenvalue weighted by Crippen LogP contribution is 2.10. The Labute approximate surface area is 95.3 Å². The first-order valence-corrected chi connectivity index (χ1v) is 5.08. The van der Waals surface area contributed by atoms with Crippen molar-refractivity contribution < 1.29 is 14.3 Å². The van der Waals surface area contributed by atoms with E-state index in [0.717, 1.165) is 5.56 Å². The van der Waals surface area contributed by atoms with Gasteiger partial charge in [0.2, 0.25) is 5.91 Å². The zero-order chi connectivity index (χ0) is 12.0. The molecule has 4 heteroatoms. The van der Waals surface area contributed by atoms with Crippen LogP contribution in [0.25, 0.3) is 0 Å². The third kappa shape index (κ3) is 3.32. The molecule has 88 valence electrons. The van der Waals surface area contributed by atoms with Gasteiger partial charge in [-0.15, -0.1) is 0 Å². The normalized spacial score (nSPS) is 14.4. The lowest BCUT2D eigenvalue weighted by Crippen LogP contribution is -2.42. The quantitative estimate of drug-likeness (QED) is 0.774. The number of primary amides is 1. The monoisotopic (exact) mass is 223 g/mol. The highest BCUT2D eigenvalue weighted by Gasteiger charge is 2.26. The first-order chi connectivity index (χ1) is 7.69. The number of amides is 1. The average Bonchev–Trinajstić information content (AvgIpc) is 2.29. The Morgan fingerprint density at radius 3 is 2.31 bits per heavy atom. The van der Waals surface area contributed by atoms with Gasteiger partial charge >= 0.3 is 0 Å². The van der Waals surface area contributed by atoms with Crippen molar-refractivity contribution in [3.8, 4) is 0 Å². The summed E-state index contributed by atoms with van der Waals surface area (Å²) < 4.78 is 10.3. The van der Waals surface area contributed by atoms with Crippen LogP contribution in [0.2, 0.25) is 0 Å². The largest absolute Gasteiger partial charge is 0.378 e. The maximum Gasteiger partial charge on any atom is 0.249 e. The molecule has 0 saturated heterocycles. The van der Waals surface area contributed by atoms with Crippen LogP contribution in [0.15, 0.2) is 30.3 Å². The van der Waals surface area contributed by atoms with E-state index in [9.17, 15) is 4.79 Å². The molecule has 0 radical (unpaired) electrons. The molecule has 2 unspecified atom stereocenters. The standard InChI is InChI=1S/C12H17NO3/c1-15-10(11(16-2)12(13)14)8-9-6-4-3-5-7-9/h3-7,10-11H,8H2,1-2H3,(H2,13,14). The minimum absolute atomic E-state index is 0.357. The van der Waals surface area contributed by atoms with Crippen LogP contribution in [0.1, 0.15) is 5.56 Å². The van der Waals surface area contributed by atoms with E-state index in [1.54, 1.807) is 7.11 Å². The van der Waals surface area contributed by atoms with Gasteiger partial charge in [-0.2, -0.15) is 0 Å². The van der Waals surface area contributed by atoms with E-state index in [1.165, 1.54) is 7.11 Å². The molecule has 4 nitrogen and oxygen atoms in total. The van der Waals surface area contributed by atoms with Crippen molar-refractivity contribution in [1.29, 1.82) is 0 Å². The number of ether oxygens (including phenoxy) is 2. The van der Waals surface area contributed by atoms with Crippen LogP contribution in [-0.4, -0.2) is 32.3 Å². The summed E-state index contributed by atoms with van der Waals surface area (Å²) in [6, 6.07) is 9.76. The van der Waals surface area contributed by atoms with Crippen LogP contribution in [-0.2, 0) is 20.7 Å². The van der Waals surface area contributed by atoms with Gasteiger partial charge in [0.05, 0.1) is 6.10 Å². The van der Waals surface area contributed by atoms with E-state index >= 15 is 0 Å². The third-order valence-corrected chi connectivity index (χ3v) is 2.45. The highest BCUT2D eigenvalue weighted by atomic mass is 16.5. The number of carbonyl (C=O) groups is 1. The van der Waals surface area contributed by atoms with Gasteiger partial charge in [0.25, 0.3) is 0 Å². The fourth-order valence-corrected chi connectivity index (χ4v) is 1.61. The summed E-state index contributed by atoms with van der Waals surface area (Å²) in [6.07, 6.45) is -0.478. The van der Waals surface area contributed by atoms with Crippen LogP contribution in [0.4, 0.5) is 0 Å². The number of hydrogen-bond donors (Lipinski definition) is 1. The zero-order valence-electron chi connectivity index (χ0n) is 9.55. The summed E-state index contributed by atoms with van der Waals surface area (Å²) in [5.41, 5.74) is 6.31. The number of hydrogen-bond acceptors (Lipinski definition) is 3. The van der Waals surface area contributed by atoms with E-state index < -0.39 is 12.0 Å². The minimum atomic E-state index is -0.717. The fraction of sp³-hybridized carbons (Fsp3) is 0.417. The Morgan fingerprint density at radius 1 is 1.25 bits per heavy atom. The van der Waals surface area contributed by atoms with Crippen molar-refractivity contribution in [3.63, 3.8) is 0 Å². The van der Waals surface area contributed by atoms with Crippen LogP contribution in [0, 0.1) is 0 Å². The number of methoxy groups -OCH3 is 2. The Balaban J connectivity index is 2.71. The molecule has 2 N–H and O–H groups in total. The zero-order valence-corrected chi connectivity index (χ0v) is 9.55. The summed E-state index contributed by atoms with van der Waals surface area (Å²) in [4.78, 5) is 11.1. The molecule has 2 atom stereocenters. The molecular formula is C12H17NO3. The van der Waals surface area contributed by atoms with Gasteiger partial charge in [-0.3, -0.25) is 4.79 Å². The van der Waals surface area contributed by atoms with Gasteiger partial charge < -0.3 is 15.2 Å². The lowest BCUT2D eigenvalue weighted by molar-refractivity contribution is -0.136. The van der Waals surface area contributed by atoms with Crippen LogP contribution >= 0.6 is 0 Å². The molecule has 0 fully saturated rings. The predicted octanol–water partition coefficient (Wildman–Crippen LogP) is 0.744. The van der Waals surface area contributed by atoms with E-state index in [-0.39, 0.29) is 6.10 Å². The topological polar surface area (TPSA) is 61.6 Å². The van der Waals surface area contributed by atoms with Crippen LogP contribution < -0.4 is 5.73 Å². The molecule has 0 aliphatic carbocycles. The number of nitrogens with two attached hydrogens (primary N) is 1. The van der Waals surface area contributed by atoms with Crippen molar-refractivity contribution in [2.24, 2.45) is 5.73 Å². The number of benzene rings is 1. The van der Waals surface area contributed by atoms with Crippen molar-refractivity contribution in [2.75, 3.05) is 14.2 Å². The summed E-state index contributed by atoms with van der Waals surface area (Å²) in [5, 5.41) is 0. The second kappa shape index (κ2) is 6.25. The van der Waals surface area contributed by atoms with Gasteiger partial charge in [0, 0.05) is 20.6 Å². The third-order valence-electron chi connectivity index (χ3n) is 2.45. The van der Waals surface area contributed by atoms with Gasteiger partial charge in [-0.05, 0) is 5.56 Å². The lowest BCUT2D eigenvalue weighted by atomic mass is 10.0. The van der Waals surface area contributed by atoms with Crippen LogP contribution in [0.5, 0.6) is 0 Å². The summed E-state index contributed by atoms with van der Waals surface area (Å²) in [7, 11) is 3.00. The second-order valence-electron chi connectivity index (χ2n) is 3.52. The Morgan fingerprint density at radius 2 is 1.88 bits per heavy atom. The molecule has 0 saturated carbocycles. The maximum absolute atomic E-state index is 11.1. The molecule has 16 heavy (non-hydrogen) atoms. The first-order valence-electron chi connectivity index (χ1n) is 5.08. The van der Waals surface area contributed by atoms with Gasteiger partial charge in [-0.25, -0.2) is 0 Å². The second-order valence-corrected chi connectivity index (χ2v) is 3.52. The molecule has 0 bridgehead atoms. The molecule has 1 aromatic rings. The smallest absolute Gasteiger partial charge is 0.249 e. The fourth-order valence-electron chi connectivity index (χ4n) is 1.61. The molecule has 0 heterocycles. The van der Waals surface area contributed by atoms with Gasteiger partial charge in [0.1, 0.15) is 0 Å². The molecule has 0 aliphatic rings. The van der Waals surface area contributed by atoms with E-state index in [2.05, 4.69) is 0 Å². The van der Waals surface area contributed by atoms with Gasteiger partial charge in [0.15, 0.2) is 6.10 Å². The molecule has 1 amide bonds. The summed E-state index contributed by atoms with van der Waals surface area (Å²) in [6.45, 7) is 0. The molecular weight excluding hydrogens is 206 g/mol. The van der Waals surface area contributed by atoms with E-state index in [4.69, 9.17) is 15.2 Å². The van der Waals surface area contributed by atoms with Crippen molar-refractivity contribution in [2.45, 2.75) is 18.6 Å². The first kappa shape index (κ1) is 12.7. The van der Waals surface area contributed by atoms with Crippen molar-refractivity contribution >= 4 is 5.91 Å². The van der Waals surface area contributed by atoms with E-state index in [0.29, 0.717) is 6.42 Å². The molecule has 0 spiro atoms. The highest BCUT2D eigenvalue weighted by molar-refractivity contribution is 5.79. The molecule has 0 aromatic heterocycles. The van der Waals surface area contributed by atoms with Crippen molar-refractivity contribution in [1.82, 2.24) is 0 Å². The maximum atomic E-state index is 11.1. The Kier molecular flexibility index (Phi) is 4.95. The number of rotatable bonds is 6. The molecule has 1 rings (SSSR count). The van der Waals surface area contributed by atoms with Crippen LogP contribution in [0.3, 0.4) is 0 Å². The van der Waals surface area contributed by atoms with Gasteiger partial charge in [-0.1, -0.05) is 30.3 Å². The molecule has 1 aromatic carbocycles. The minimum Gasteiger partial charge on any atom is -0.378 e. The summed E-state index contributed by atoms with van der Waals surface area (Å²) >= 11 is 0. The average molecular weight is 223 g/mol. The number of carbonyl (C=O) groups excluding carboxylic acids is 1. The molecule has 0 aliphatic heterocycles. The lowest BCUT2D eigenvalue weighted by Gasteiger charge is -2.22. The summed E-state index contributed by atoms with van der Waals surface area (Å²) in [5.74, 6) is -0.509. The Bertz CT molecular complexity index is 326. The SMILES string of the molecule is COC(Cc1ccccc1)C(OC)C(N)=O. The predicted molar refractivity (Wildman–Crippen MR) is 60.9 cm³/mol.